The van der Waals surface area contributed by atoms with Gasteiger partial charge in [0.15, 0.2) is 0 Å². The summed E-state index contributed by atoms with van der Waals surface area (Å²) in [5.41, 5.74) is 5.27. The Morgan fingerprint density at radius 2 is 2.40 bits per heavy atom. The Bertz CT molecular complexity index is 146. The van der Waals surface area contributed by atoms with Gasteiger partial charge in [-0.3, -0.25) is 4.79 Å². The van der Waals surface area contributed by atoms with Crippen molar-refractivity contribution >= 4 is 5.78 Å². The fourth-order valence-corrected chi connectivity index (χ4v) is 0.573. The van der Waals surface area contributed by atoms with Crippen molar-refractivity contribution < 1.29 is 4.79 Å². The first-order valence-electron chi connectivity index (χ1n) is 3.38. The Morgan fingerprint density at radius 3 is 2.80 bits per heavy atom. The van der Waals surface area contributed by atoms with Crippen LogP contribution >= 0.6 is 0 Å². The van der Waals surface area contributed by atoms with Gasteiger partial charge in [0.2, 0.25) is 0 Å². The number of terminal acetylenes is 1. The van der Waals surface area contributed by atoms with Crippen molar-refractivity contribution in [1.29, 1.82) is 0 Å². The van der Waals surface area contributed by atoms with Crippen molar-refractivity contribution in [2.24, 2.45) is 11.7 Å². The van der Waals surface area contributed by atoms with E-state index >= 15 is 0 Å². The second-order valence-electron chi connectivity index (χ2n) is 2.31. The molecule has 0 aliphatic heterocycles. The molecule has 0 saturated heterocycles. The molecule has 2 nitrogen and oxygen atoms in total. The highest BCUT2D eigenvalue weighted by Crippen LogP contribution is 1.99. The second kappa shape index (κ2) is 5.01. The molecular weight excluding hydrogens is 126 g/mol. The van der Waals surface area contributed by atoms with Gasteiger partial charge in [0.25, 0.3) is 0 Å². The highest BCUT2D eigenvalue weighted by molar-refractivity contribution is 5.81. The van der Waals surface area contributed by atoms with E-state index in [0.29, 0.717) is 19.4 Å². The first-order valence-corrected chi connectivity index (χ1v) is 3.38. The third-order valence-electron chi connectivity index (χ3n) is 1.42. The maximum absolute atomic E-state index is 11.0. The summed E-state index contributed by atoms with van der Waals surface area (Å²) in [6.07, 6.45) is 5.98. The SMILES string of the molecule is C#CCCC(=O)C(C)CN. The number of nitrogens with two attached hydrogens (primary N) is 1. The monoisotopic (exact) mass is 139 g/mol. The van der Waals surface area contributed by atoms with Gasteiger partial charge in [-0.1, -0.05) is 6.92 Å². The molecule has 0 aromatic heterocycles. The van der Waals surface area contributed by atoms with Crippen LogP contribution in [0.3, 0.4) is 0 Å². The van der Waals surface area contributed by atoms with Gasteiger partial charge in [0.1, 0.15) is 5.78 Å². The number of Topliss-reactive ketones (excluding diaryl/α,β-unsaturated/α-hetero) is 1. The van der Waals surface area contributed by atoms with Gasteiger partial charge >= 0.3 is 0 Å². The molecule has 0 aliphatic carbocycles. The van der Waals surface area contributed by atoms with Crippen LogP contribution in [-0.4, -0.2) is 12.3 Å². The van der Waals surface area contributed by atoms with Gasteiger partial charge in [0.05, 0.1) is 0 Å². The molecule has 0 spiro atoms. The van der Waals surface area contributed by atoms with Crippen LogP contribution < -0.4 is 5.73 Å². The minimum atomic E-state index is -0.0339. The van der Waals surface area contributed by atoms with Crippen LogP contribution in [0.25, 0.3) is 0 Å². The standard InChI is InChI=1S/C8H13NO/c1-3-4-5-8(10)7(2)6-9/h1,7H,4-6,9H2,2H3. The average Bonchev–Trinajstić information content (AvgIpc) is 1.98. The molecule has 0 radical (unpaired) electrons. The minimum Gasteiger partial charge on any atom is -0.330 e. The lowest BCUT2D eigenvalue weighted by Crippen LogP contribution is -2.20. The Kier molecular flexibility index (Phi) is 4.61. The van der Waals surface area contributed by atoms with E-state index < -0.39 is 0 Å². The van der Waals surface area contributed by atoms with Crippen molar-refractivity contribution in [3.05, 3.63) is 0 Å². The smallest absolute Gasteiger partial charge is 0.137 e. The van der Waals surface area contributed by atoms with Crippen LogP contribution in [0, 0.1) is 18.3 Å². The summed E-state index contributed by atoms with van der Waals surface area (Å²) >= 11 is 0. The first kappa shape index (κ1) is 9.19. The Balaban J connectivity index is 3.54. The summed E-state index contributed by atoms with van der Waals surface area (Å²) < 4.78 is 0. The zero-order chi connectivity index (χ0) is 7.98. The molecule has 0 rings (SSSR count). The van der Waals surface area contributed by atoms with E-state index in [1.807, 2.05) is 6.92 Å². The molecule has 0 saturated carbocycles. The molecule has 1 unspecified atom stereocenters. The number of carbonyl (C=O) groups is 1. The van der Waals surface area contributed by atoms with Crippen molar-refractivity contribution in [3.63, 3.8) is 0 Å². The van der Waals surface area contributed by atoms with E-state index in [0.717, 1.165) is 0 Å². The predicted molar refractivity (Wildman–Crippen MR) is 41.3 cm³/mol. The Hall–Kier alpha value is -0.810. The Labute approximate surface area is 61.8 Å². The molecule has 0 amide bonds. The van der Waals surface area contributed by atoms with Crippen LogP contribution in [0.4, 0.5) is 0 Å². The number of hydrogen-bond acceptors (Lipinski definition) is 2. The van der Waals surface area contributed by atoms with Gasteiger partial charge in [-0.2, -0.15) is 0 Å². The van der Waals surface area contributed by atoms with Crippen molar-refractivity contribution in [2.75, 3.05) is 6.54 Å². The lowest BCUT2D eigenvalue weighted by atomic mass is 10.0. The van der Waals surface area contributed by atoms with Crippen molar-refractivity contribution in [1.82, 2.24) is 0 Å². The maximum atomic E-state index is 11.0. The molecule has 2 heteroatoms. The summed E-state index contributed by atoms with van der Waals surface area (Å²) in [5.74, 6) is 2.55. The minimum absolute atomic E-state index is 0.0339. The molecule has 0 aromatic carbocycles. The largest absolute Gasteiger partial charge is 0.330 e. The van der Waals surface area contributed by atoms with Gasteiger partial charge in [-0.25, -0.2) is 0 Å². The zero-order valence-electron chi connectivity index (χ0n) is 6.26. The Morgan fingerprint density at radius 1 is 1.80 bits per heavy atom. The highest BCUT2D eigenvalue weighted by Gasteiger charge is 2.08. The summed E-state index contributed by atoms with van der Waals surface area (Å²) in [7, 11) is 0. The van der Waals surface area contributed by atoms with Crippen molar-refractivity contribution in [3.8, 4) is 12.3 Å². The quantitative estimate of drug-likeness (QED) is 0.578. The van der Waals surface area contributed by atoms with E-state index in [1.165, 1.54) is 0 Å². The van der Waals surface area contributed by atoms with E-state index in [9.17, 15) is 4.79 Å². The van der Waals surface area contributed by atoms with Crippen LogP contribution in [0.1, 0.15) is 19.8 Å². The number of hydrogen-bond donors (Lipinski definition) is 1. The van der Waals surface area contributed by atoms with E-state index in [4.69, 9.17) is 12.2 Å². The highest BCUT2D eigenvalue weighted by atomic mass is 16.1. The fourth-order valence-electron chi connectivity index (χ4n) is 0.573. The lowest BCUT2D eigenvalue weighted by molar-refractivity contribution is -0.121. The molecule has 1 atom stereocenters. The molecule has 0 fully saturated rings. The maximum Gasteiger partial charge on any atom is 0.137 e. The fraction of sp³-hybridized carbons (Fsp3) is 0.625. The van der Waals surface area contributed by atoms with E-state index in [2.05, 4.69) is 5.92 Å². The lowest BCUT2D eigenvalue weighted by Gasteiger charge is -2.03. The third-order valence-corrected chi connectivity index (χ3v) is 1.42. The second-order valence-corrected chi connectivity index (χ2v) is 2.31. The molecule has 0 heterocycles. The average molecular weight is 139 g/mol. The van der Waals surface area contributed by atoms with Crippen LogP contribution in [0.15, 0.2) is 0 Å². The number of ketones is 1. The molecule has 56 valence electrons. The predicted octanol–water partition coefficient (Wildman–Crippen LogP) is 0.564. The topological polar surface area (TPSA) is 43.1 Å². The normalized spacial score (nSPS) is 12.1. The summed E-state index contributed by atoms with van der Waals surface area (Å²) in [6.45, 7) is 2.24. The number of rotatable bonds is 4. The molecule has 0 aromatic rings. The van der Waals surface area contributed by atoms with Gasteiger partial charge in [0, 0.05) is 25.3 Å². The van der Waals surface area contributed by atoms with Crippen LogP contribution in [0.2, 0.25) is 0 Å². The molecular formula is C8H13NO. The van der Waals surface area contributed by atoms with Gasteiger partial charge in [-0.05, 0) is 0 Å². The molecule has 0 bridgehead atoms. The summed E-state index contributed by atoms with van der Waals surface area (Å²) in [6, 6.07) is 0. The van der Waals surface area contributed by atoms with E-state index in [1.54, 1.807) is 0 Å². The molecule has 0 aliphatic rings. The molecule has 2 N–H and O–H groups in total. The van der Waals surface area contributed by atoms with Gasteiger partial charge < -0.3 is 5.73 Å². The van der Waals surface area contributed by atoms with E-state index in [-0.39, 0.29) is 11.7 Å². The summed E-state index contributed by atoms with van der Waals surface area (Å²) in [5, 5.41) is 0. The number of carbonyl (C=O) groups excluding carboxylic acids is 1. The summed E-state index contributed by atoms with van der Waals surface area (Å²) in [4.78, 5) is 11.0. The van der Waals surface area contributed by atoms with Crippen LogP contribution in [0.5, 0.6) is 0 Å². The molecule has 10 heavy (non-hydrogen) atoms. The van der Waals surface area contributed by atoms with Crippen LogP contribution in [-0.2, 0) is 4.79 Å². The first-order chi connectivity index (χ1) is 4.72. The van der Waals surface area contributed by atoms with Crippen molar-refractivity contribution in [2.45, 2.75) is 19.8 Å². The van der Waals surface area contributed by atoms with Gasteiger partial charge in [-0.15, -0.1) is 12.3 Å². The zero-order valence-corrected chi connectivity index (χ0v) is 6.26. The third kappa shape index (κ3) is 3.26.